The molecular formula is C21H26F3N3O2. The molecule has 4 rings (SSSR count). The summed E-state index contributed by atoms with van der Waals surface area (Å²) in [4.78, 5) is 28.7. The van der Waals surface area contributed by atoms with E-state index in [0.717, 1.165) is 31.5 Å². The topological polar surface area (TPSA) is 66.6 Å². The minimum Gasteiger partial charge on any atom is -0.366 e. The fourth-order valence-corrected chi connectivity index (χ4v) is 5.21. The van der Waals surface area contributed by atoms with Gasteiger partial charge in [0.1, 0.15) is 0 Å². The smallest absolute Gasteiger partial charge is 0.366 e. The minimum atomic E-state index is -4.08. The summed E-state index contributed by atoms with van der Waals surface area (Å²) in [5.74, 6) is -1.89. The number of fused-ring (bicyclic) bond motifs is 1. The molecule has 2 amide bonds. The van der Waals surface area contributed by atoms with Crippen LogP contribution in [0, 0.1) is 5.92 Å². The summed E-state index contributed by atoms with van der Waals surface area (Å²) < 4.78 is 38.6. The standard InChI is InChI=1S/C21H26F3N3O2/c22-21(23,24)14-4-6-15(7-5-14)26-10-8-16(9-11-26)27-12-13-2-1-3-17(19(25)28)18(13)20(27)29/h1-3,14-16H,4-12H2,(H2,25,28)/t14-,15+. The summed E-state index contributed by atoms with van der Waals surface area (Å²) in [7, 11) is 0. The lowest BCUT2D eigenvalue weighted by molar-refractivity contribution is -0.184. The van der Waals surface area contributed by atoms with E-state index < -0.39 is 18.0 Å². The first-order chi connectivity index (χ1) is 13.8. The Morgan fingerprint density at radius 1 is 1.00 bits per heavy atom. The highest BCUT2D eigenvalue weighted by molar-refractivity contribution is 6.09. The Hall–Kier alpha value is -2.09. The van der Waals surface area contributed by atoms with Gasteiger partial charge in [-0.15, -0.1) is 0 Å². The molecule has 1 aliphatic carbocycles. The van der Waals surface area contributed by atoms with Gasteiger partial charge in [-0.3, -0.25) is 9.59 Å². The lowest BCUT2D eigenvalue weighted by atomic mass is 9.84. The first kappa shape index (κ1) is 20.2. The number of nitrogens with two attached hydrogens (primary N) is 1. The van der Waals surface area contributed by atoms with Gasteiger partial charge in [0.2, 0.25) is 5.91 Å². The second-order valence-electron chi connectivity index (χ2n) is 8.45. The summed E-state index contributed by atoms with van der Waals surface area (Å²) >= 11 is 0. The van der Waals surface area contributed by atoms with Gasteiger partial charge in [0, 0.05) is 31.7 Å². The molecule has 8 heteroatoms. The Morgan fingerprint density at radius 2 is 1.66 bits per heavy atom. The number of benzene rings is 1. The maximum absolute atomic E-state index is 12.9. The molecule has 0 bridgehead atoms. The predicted molar refractivity (Wildman–Crippen MR) is 101 cm³/mol. The van der Waals surface area contributed by atoms with Gasteiger partial charge in [0.05, 0.1) is 17.0 Å². The summed E-state index contributed by atoms with van der Waals surface area (Å²) in [6.07, 6.45) is -0.883. The van der Waals surface area contributed by atoms with Gasteiger partial charge >= 0.3 is 6.18 Å². The molecule has 2 aliphatic heterocycles. The number of hydrogen-bond donors (Lipinski definition) is 1. The maximum Gasteiger partial charge on any atom is 0.391 e. The Labute approximate surface area is 168 Å². The highest BCUT2D eigenvalue weighted by Crippen LogP contribution is 2.39. The number of nitrogens with zero attached hydrogens (tertiary/aromatic N) is 2. The third-order valence-corrected chi connectivity index (χ3v) is 6.85. The largest absolute Gasteiger partial charge is 0.391 e. The number of likely N-dealkylation sites (tertiary alicyclic amines) is 1. The SMILES string of the molecule is NC(=O)c1cccc2c1C(=O)N(C1CCN([C@H]3CC[C@@H](C(F)(F)F)CC3)CC1)C2. The van der Waals surface area contributed by atoms with Crippen LogP contribution in [0.2, 0.25) is 0 Å². The maximum atomic E-state index is 12.9. The van der Waals surface area contributed by atoms with Gasteiger partial charge in [-0.25, -0.2) is 0 Å². The van der Waals surface area contributed by atoms with Crippen molar-refractivity contribution in [3.8, 4) is 0 Å². The Morgan fingerprint density at radius 3 is 2.24 bits per heavy atom. The monoisotopic (exact) mass is 409 g/mol. The summed E-state index contributed by atoms with van der Waals surface area (Å²) in [5, 5.41) is 0. The molecule has 5 nitrogen and oxygen atoms in total. The number of halogens is 3. The number of carbonyl (C=O) groups excluding carboxylic acids is 2. The Kier molecular flexibility index (Phi) is 5.31. The summed E-state index contributed by atoms with van der Waals surface area (Å²) in [6, 6.07) is 5.48. The van der Waals surface area contributed by atoms with Crippen molar-refractivity contribution in [3.63, 3.8) is 0 Å². The molecule has 2 heterocycles. The quantitative estimate of drug-likeness (QED) is 0.833. The van der Waals surface area contributed by atoms with Crippen LogP contribution in [0.25, 0.3) is 0 Å². The average Bonchev–Trinajstić information content (AvgIpc) is 3.04. The normalized spacial score (nSPS) is 26.6. The van der Waals surface area contributed by atoms with Crippen molar-refractivity contribution in [2.24, 2.45) is 11.7 Å². The summed E-state index contributed by atoms with van der Waals surface area (Å²) in [5.41, 5.74) is 6.95. The summed E-state index contributed by atoms with van der Waals surface area (Å²) in [6.45, 7) is 2.06. The molecule has 1 aromatic carbocycles. The third kappa shape index (κ3) is 3.86. The van der Waals surface area contributed by atoms with Crippen LogP contribution in [0.3, 0.4) is 0 Å². The fraction of sp³-hybridized carbons (Fsp3) is 0.619. The Bertz CT molecular complexity index is 795. The Balaban J connectivity index is 1.35. The van der Waals surface area contributed by atoms with Gasteiger partial charge in [0.25, 0.3) is 5.91 Å². The van der Waals surface area contributed by atoms with Crippen molar-refractivity contribution >= 4 is 11.8 Å². The van der Waals surface area contributed by atoms with Crippen LogP contribution < -0.4 is 5.73 Å². The molecule has 0 radical (unpaired) electrons. The van der Waals surface area contributed by atoms with Crippen molar-refractivity contribution in [2.75, 3.05) is 13.1 Å². The number of hydrogen-bond acceptors (Lipinski definition) is 3. The molecule has 2 fully saturated rings. The number of piperidine rings is 1. The minimum absolute atomic E-state index is 0.0818. The molecule has 0 aromatic heterocycles. The molecule has 3 aliphatic rings. The second kappa shape index (κ2) is 7.63. The van der Waals surface area contributed by atoms with Crippen molar-refractivity contribution in [3.05, 3.63) is 34.9 Å². The van der Waals surface area contributed by atoms with E-state index in [1.807, 2.05) is 11.0 Å². The van der Waals surface area contributed by atoms with Gasteiger partial charge in [-0.05, 0) is 50.2 Å². The first-order valence-electron chi connectivity index (χ1n) is 10.3. The molecule has 158 valence electrons. The molecule has 1 saturated carbocycles. The van der Waals surface area contributed by atoms with Crippen LogP contribution in [-0.4, -0.2) is 53.0 Å². The second-order valence-corrected chi connectivity index (χ2v) is 8.45. The fourth-order valence-electron chi connectivity index (χ4n) is 5.21. The molecule has 0 spiro atoms. The van der Waals surface area contributed by atoms with E-state index >= 15 is 0 Å². The van der Waals surface area contributed by atoms with Crippen molar-refractivity contribution in [1.82, 2.24) is 9.80 Å². The van der Waals surface area contributed by atoms with Gasteiger partial charge in [-0.1, -0.05) is 12.1 Å². The molecule has 1 saturated heterocycles. The van der Waals surface area contributed by atoms with E-state index in [4.69, 9.17) is 5.73 Å². The van der Waals surface area contributed by atoms with E-state index in [1.165, 1.54) is 0 Å². The van der Waals surface area contributed by atoms with Gasteiger partial charge < -0.3 is 15.5 Å². The lowest BCUT2D eigenvalue weighted by Crippen LogP contribution is -2.49. The number of carbonyl (C=O) groups is 2. The van der Waals surface area contributed by atoms with Crippen LogP contribution in [0.1, 0.15) is 64.8 Å². The van der Waals surface area contributed by atoms with Crippen LogP contribution in [0.4, 0.5) is 13.2 Å². The number of alkyl halides is 3. The zero-order valence-corrected chi connectivity index (χ0v) is 16.3. The highest BCUT2D eigenvalue weighted by atomic mass is 19.4. The van der Waals surface area contributed by atoms with E-state index in [0.29, 0.717) is 24.9 Å². The lowest BCUT2D eigenvalue weighted by Gasteiger charge is -2.42. The van der Waals surface area contributed by atoms with Crippen molar-refractivity contribution < 1.29 is 22.8 Å². The molecular weight excluding hydrogens is 383 g/mol. The van der Waals surface area contributed by atoms with Crippen molar-refractivity contribution in [2.45, 2.75) is 63.3 Å². The van der Waals surface area contributed by atoms with E-state index in [2.05, 4.69) is 4.90 Å². The highest BCUT2D eigenvalue weighted by Gasteiger charge is 2.43. The van der Waals surface area contributed by atoms with Crippen LogP contribution in [-0.2, 0) is 6.54 Å². The molecule has 2 N–H and O–H groups in total. The van der Waals surface area contributed by atoms with Crippen LogP contribution in [0.5, 0.6) is 0 Å². The predicted octanol–water partition coefficient (Wildman–Crippen LogP) is 3.33. The zero-order valence-electron chi connectivity index (χ0n) is 16.3. The molecule has 29 heavy (non-hydrogen) atoms. The van der Waals surface area contributed by atoms with Crippen molar-refractivity contribution in [1.29, 1.82) is 0 Å². The van der Waals surface area contributed by atoms with Gasteiger partial charge in [-0.2, -0.15) is 13.2 Å². The van der Waals surface area contributed by atoms with Crippen LogP contribution >= 0.6 is 0 Å². The van der Waals surface area contributed by atoms with E-state index in [1.54, 1.807) is 12.1 Å². The zero-order chi connectivity index (χ0) is 20.8. The number of primary amides is 1. The van der Waals surface area contributed by atoms with Crippen LogP contribution in [0.15, 0.2) is 18.2 Å². The van der Waals surface area contributed by atoms with E-state index in [-0.39, 0.29) is 36.4 Å². The molecule has 0 atom stereocenters. The molecule has 0 unspecified atom stereocenters. The number of rotatable bonds is 3. The first-order valence-corrected chi connectivity index (χ1v) is 10.3. The number of amides is 2. The average molecular weight is 409 g/mol. The molecule has 1 aromatic rings. The third-order valence-electron chi connectivity index (χ3n) is 6.85. The van der Waals surface area contributed by atoms with Gasteiger partial charge in [0.15, 0.2) is 0 Å². The van der Waals surface area contributed by atoms with E-state index in [9.17, 15) is 22.8 Å².